The van der Waals surface area contributed by atoms with E-state index in [1.54, 1.807) is 18.2 Å². The molecule has 1 aromatic rings. The standard InChI is InChI=1S/C30H39N3O2/c1-28(2,3)24-16-30(5)23-11-13-29(4)12-7-10-22(29)21(23)18-33(26(30)15-25(24)34)27(35)32-20-9-6-8-19(14-20)17-31/h6,8-9,14-15,21-24H,7,10-13,16,18H2,1-5H3,(H,32,35)/t21-,22-,23-,24?,29-,30+/m0/s1. The van der Waals surface area contributed by atoms with Gasteiger partial charge in [0.15, 0.2) is 5.78 Å². The van der Waals surface area contributed by atoms with Crippen LogP contribution >= 0.6 is 0 Å². The van der Waals surface area contributed by atoms with Crippen LogP contribution in [0.3, 0.4) is 0 Å². The molecule has 6 atom stereocenters. The monoisotopic (exact) mass is 473 g/mol. The first-order chi connectivity index (χ1) is 16.5. The Kier molecular flexibility index (Phi) is 5.66. The second kappa shape index (κ2) is 8.22. The molecule has 35 heavy (non-hydrogen) atoms. The number of hydrogen-bond acceptors (Lipinski definition) is 3. The topological polar surface area (TPSA) is 73.2 Å². The number of amides is 2. The van der Waals surface area contributed by atoms with Crippen molar-refractivity contribution in [2.75, 3.05) is 11.9 Å². The Hall–Kier alpha value is -2.61. The molecule has 3 aliphatic carbocycles. The SMILES string of the molecule is CC(C)(C)C1C[C@@]2(C)C(=CC1=O)N(C(=O)Nc1cccc(C#N)c1)C[C@H]1[C@@H]3CCC[C@@]3(C)CC[C@@H]12. The van der Waals surface area contributed by atoms with Gasteiger partial charge in [-0.15, -0.1) is 0 Å². The fourth-order valence-corrected chi connectivity index (χ4v) is 8.18. The van der Waals surface area contributed by atoms with Crippen LogP contribution in [0.5, 0.6) is 0 Å². The minimum Gasteiger partial charge on any atom is -0.308 e. The van der Waals surface area contributed by atoms with E-state index in [0.29, 0.717) is 41.0 Å². The van der Waals surface area contributed by atoms with E-state index >= 15 is 0 Å². The fourth-order valence-electron chi connectivity index (χ4n) is 8.18. The Morgan fingerprint density at radius 1 is 1.17 bits per heavy atom. The number of nitrogens with one attached hydrogen (secondary N) is 1. The van der Waals surface area contributed by atoms with Crippen molar-refractivity contribution >= 4 is 17.5 Å². The van der Waals surface area contributed by atoms with Gasteiger partial charge in [-0.2, -0.15) is 5.26 Å². The van der Waals surface area contributed by atoms with Crippen molar-refractivity contribution < 1.29 is 9.59 Å². The Balaban J connectivity index is 1.55. The third kappa shape index (κ3) is 3.90. The van der Waals surface area contributed by atoms with Crippen LogP contribution in [0.2, 0.25) is 0 Å². The summed E-state index contributed by atoms with van der Waals surface area (Å²) < 4.78 is 0. The minimum absolute atomic E-state index is 0.0379. The summed E-state index contributed by atoms with van der Waals surface area (Å²) in [5, 5.41) is 12.3. The maximum atomic E-state index is 13.8. The Labute approximate surface area is 210 Å². The van der Waals surface area contributed by atoms with Crippen LogP contribution in [-0.4, -0.2) is 23.3 Å². The van der Waals surface area contributed by atoms with Crippen molar-refractivity contribution in [2.24, 2.45) is 39.9 Å². The number of nitrogens with zero attached hydrogens (tertiary/aromatic N) is 2. The fraction of sp³-hybridized carbons (Fsp3) is 0.633. The number of carbonyl (C=O) groups is 2. The van der Waals surface area contributed by atoms with Crippen LogP contribution in [0.1, 0.15) is 78.7 Å². The molecule has 5 heteroatoms. The third-order valence-electron chi connectivity index (χ3n) is 10.1. The summed E-state index contributed by atoms with van der Waals surface area (Å²) in [6.45, 7) is 12.0. The maximum Gasteiger partial charge on any atom is 0.326 e. The van der Waals surface area contributed by atoms with E-state index in [0.717, 1.165) is 12.1 Å². The van der Waals surface area contributed by atoms with Gasteiger partial charge in [0.2, 0.25) is 0 Å². The van der Waals surface area contributed by atoms with Crippen molar-refractivity contribution in [2.45, 2.75) is 73.1 Å². The molecule has 1 unspecified atom stereocenters. The molecule has 0 aromatic heterocycles. The molecule has 2 saturated carbocycles. The van der Waals surface area contributed by atoms with E-state index in [4.69, 9.17) is 0 Å². The largest absolute Gasteiger partial charge is 0.326 e. The summed E-state index contributed by atoms with van der Waals surface area (Å²) in [4.78, 5) is 29.0. The number of hydrogen-bond donors (Lipinski definition) is 1. The van der Waals surface area contributed by atoms with Crippen LogP contribution in [-0.2, 0) is 4.79 Å². The smallest absolute Gasteiger partial charge is 0.308 e. The summed E-state index contributed by atoms with van der Waals surface area (Å²) in [5.41, 5.74) is 2.08. The summed E-state index contributed by atoms with van der Waals surface area (Å²) in [6, 6.07) is 8.99. The van der Waals surface area contributed by atoms with E-state index in [-0.39, 0.29) is 28.6 Å². The quantitative estimate of drug-likeness (QED) is 0.489. The first-order valence-electron chi connectivity index (χ1n) is 13.3. The normalized spacial score (nSPS) is 36.4. The van der Waals surface area contributed by atoms with Gasteiger partial charge in [-0.1, -0.05) is 47.1 Å². The molecule has 0 radical (unpaired) electrons. The Bertz CT molecular complexity index is 1130. The molecule has 4 aliphatic rings. The van der Waals surface area contributed by atoms with E-state index < -0.39 is 0 Å². The zero-order chi connectivity index (χ0) is 25.2. The highest BCUT2D eigenvalue weighted by Gasteiger charge is 2.60. The molecule has 1 N–H and O–H groups in total. The molecule has 186 valence electrons. The van der Waals surface area contributed by atoms with Gasteiger partial charge in [-0.25, -0.2) is 4.79 Å². The van der Waals surface area contributed by atoms with Gasteiger partial charge in [-0.3, -0.25) is 9.69 Å². The number of carbonyl (C=O) groups excluding carboxylic acids is 2. The number of piperidine rings is 1. The van der Waals surface area contributed by atoms with Gasteiger partial charge in [0.05, 0.1) is 11.6 Å². The van der Waals surface area contributed by atoms with Gasteiger partial charge in [-0.05, 0) is 78.9 Å². The van der Waals surface area contributed by atoms with Crippen molar-refractivity contribution in [3.8, 4) is 6.07 Å². The van der Waals surface area contributed by atoms with Crippen LogP contribution < -0.4 is 5.32 Å². The maximum absolute atomic E-state index is 13.8. The lowest BCUT2D eigenvalue weighted by atomic mass is 9.48. The average molecular weight is 474 g/mol. The number of benzene rings is 1. The molecule has 5 nitrogen and oxygen atoms in total. The predicted molar refractivity (Wildman–Crippen MR) is 137 cm³/mol. The van der Waals surface area contributed by atoms with Gasteiger partial charge in [0.1, 0.15) is 0 Å². The van der Waals surface area contributed by atoms with Crippen LogP contribution in [0, 0.1) is 51.2 Å². The third-order valence-corrected chi connectivity index (χ3v) is 10.1. The number of nitriles is 1. The second-order valence-electron chi connectivity index (χ2n) is 13.2. The van der Waals surface area contributed by atoms with Crippen molar-refractivity contribution in [3.63, 3.8) is 0 Å². The summed E-state index contributed by atoms with van der Waals surface area (Å²) in [7, 11) is 0. The van der Waals surface area contributed by atoms with E-state index in [2.05, 4.69) is 46.0 Å². The molecule has 3 fully saturated rings. The predicted octanol–water partition coefficient (Wildman–Crippen LogP) is 6.76. The van der Waals surface area contributed by atoms with Crippen LogP contribution in [0.25, 0.3) is 0 Å². The molecule has 1 saturated heterocycles. The zero-order valence-electron chi connectivity index (χ0n) is 21.9. The lowest BCUT2D eigenvalue weighted by Gasteiger charge is -2.60. The number of allylic oxidation sites excluding steroid dienone is 2. The van der Waals surface area contributed by atoms with Gasteiger partial charge < -0.3 is 5.32 Å². The Morgan fingerprint density at radius 2 is 1.94 bits per heavy atom. The van der Waals surface area contributed by atoms with Crippen molar-refractivity contribution in [1.29, 1.82) is 5.26 Å². The van der Waals surface area contributed by atoms with E-state index in [1.807, 2.05) is 17.0 Å². The molecule has 1 aliphatic heterocycles. The van der Waals surface area contributed by atoms with Crippen molar-refractivity contribution in [1.82, 2.24) is 4.90 Å². The molecule has 5 rings (SSSR count). The molecular weight excluding hydrogens is 434 g/mol. The number of anilines is 1. The molecule has 0 spiro atoms. The first kappa shape index (κ1) is 24.1. The van der Waals surface area contributed by atoms with E-state index in [9.17, 15) is 14.9 Å². The highest BCUT2D eigenvalue weighted by molar-refractivity contribution is 5.97. The first-order valence-corrected chi connectivity index (χ1v) is 13.3. The van der Waals surface area contributed by atoms with Gasteiger partial charge >= 0.3 is 6.03 Å². The second-order valence-corrected chi connectivity index (χ2v) is 13.2. The molecule has 1 heterocycles. The number of ketones is 1. The number of urea groups is 1. The summed E-state index contributed by atoms with van der Waals surface area (Å²) >= 11 is 0. The molecular formula is C30H39N3O2. The molecule has 1 aromatic carbocycles. The zero-order valence-corrected chi connectivity index (χ0v) is 21.9. The summed E-state index contributed by atoms with van der Waals surface area (Å²) in [6.07, 6.45) is 8.85. The van der Waals surface area contributed by atoms with Crippen molar-refractivity contribution in [3.05, 3.63) is 41.6 Å². The van der Waals surface area contributed by atoms with Crippen LogP contribution in [0.4, 0.5) is 10.5 Å². The van der Waals surface area contributed by atoms with Gasteiger partial charge in [0.25, 0.3) is 0 Å². The highest BCUT2D eigenvalue weighted by Crippen LogP contribution is 2.65. The lowest BCUT2D eigenvalue weighted by Crippen LogP contribution is -2.60. The van der Waals surface area contributed by atoms with Crippen LogP contribution in [0.15, 0.2) is 36.0 Å². The minimum atomic E-state index is -0.204. The Morgan fingerprint density at radius 3 is 2.66 bits per heavy atom. The lowest BCUT2D eigenvalue weighted by molar-refractivity contribution is -0.128. The van der Waals surface area contributed by atoms with E-state index in [1.165, 1.54) is 32.1 Å². The van der Waals surface area contributed by atoms with Gasteiger partial charge in [0, 0.05) is 35.3 Å². The molecule has 2 amide bonds. The average Bonchev–Trinajstić information content (AvgIpc) is 3.20. The summed E-state index contributed by atoms with van der Waals surface area (Å²) in [5.74, 6) is 1.68. The number of fused-ring (bicyclic) bond motifs is 5. The number of likely N-dealkylation sites (tertiary alicyclic amines) is 1. The highest BCUT2D eigenvalue weighted by atomic mass is 16.2. The number of rotatable bonds is 1. The molecule has 0 bridgehead atoms.